The van der Waals surface area contributed by atoms with E-state index in [1.165, 1.54) is 0 Å². The van der Waals surface area contributed by atoms with Crippen molar-refractivity contribution in [1.82, 2.24) is 10.2 Å². The Morgan fingerprint density at radius 3 is 2.83 bits per heavy atom. The van der Waals surface area contributed by atoms with Crippen LogP contribution in [0.4, 0.5) is 0 Å². The first-order valence-electron chi connectivity index (χ1n) is 8.01. The summed E-state index contributed by atoms with van der Waals surface area (Å²) < 4.78 is 5.43. The SMILES string of the molecule is C[C@H](CNC(=O)C[C@@H](O)c1ccc(Cl)cc1)N1CCOC[C@@H]1C. The van der Waals surface area contributed by atoms with Gasteiger partial charge in [-0.05, 0) is 31.5 Å². The van der Waals surface area contributed by atoms with Gasteiger partial charge < -0.3 is 15.2 Å². The van der Waals surface area contributed by atoms with E-state index in [-0.39, 0.29) is 18.4 Å². The fourth-order valence-corrected chi connectivity index (χ4v) is 2.95. The molecule has 0 aliphatic carbocycles. The first-order chi connectivity index (χ1) is 11.0. The molecule has 1 amide bonds. The first-order valence-corrected chi connectivity index (χ1v) is 8.39. The largest absolute Gasteiger partial charge is 0.388 e. The van der Waals surface area contributed by atoms with Crippen molar-refractivity contribution in [3.8, 4) is 0 Å². The van der Waals surface area contributed by atoms with Gasteiger partial charge in [0.2, 0.25) is 5.91 Å². The van der Waals surface area contributed by atoms with Gasteiger partial charge in [0.05, 0.1) is 25.7 Å². The lowest BCUT2D eigenvalue weighted by molar-refractivity contribution is -0.123. The highest BCUT2D eigenvalue weighted by Gasteiger charge is 2.24. The van der Waals surface area contributed by atoms with E-state index in [0.717, 1.165) is 19.8 Å². The average molecular weight is 341 g/mol. The first kappa shape index (κ1) is 18.2. The molecule has 1 aromatic carbocycles. The second kappa shape index (κ2) is 8.64. The molecule has 1 fully saturated rings. The van der Waals surface area contributed by atoms with Gasteiger partial charge in [-0.2, -0.15) is 0 Å². The van der Waals surface area contributed by atoms with Crippen molar-refractivity contribution >= 4 is 17.5 Å². The lowest BCUT2D eigenvalue weighted by atomic mass is 10.1. The standard InChI is InChI=1S/C17H25ClN2O3/c1-12(20-7-8-23-11-13(20)2)10-19-17(22)9-16(21)14-3-5-15(18)6-4-14/h3-6,12-13,16,21H,7-11H2,1-2H3,(H,19,22)/t12-,13+,16-/m1/s1. The van der Waals surface area contributed by atoms with E-state index in [9.17, 15) is 9.90 Å². The number of hydrogen-bond donors (Lipinski definition) is 2. The highest BCUT2D eigenvalue weighted by Crippen LogP contribution is 2.19. The number of aliphatic hydroxyl groups excluding tert-OH is 1. The van der Waals surface area contributed by atoms with Gasteiger partial charge in [-0.15, -0.1) is 0 Å². The number of amides is 1. The van der Waals surface area contributed by atoms with Crippen molar-refractivity contribution in [2.45, 2.75) is 38.5 Å². The van der Waals surface area contributed by atoms with Gasteiger partial charge in [-0.25, -0.2) is 0 Å². The third-order valence-corrected chi connectivity index (χ3v) is 4.47. The van der Waals surface area contributed by atoms with Crippen molar-refractivity contribution in [3.05, 3.63) is 34.9 Å². The van der Waals surface area contributed by atoms with Gasteiger partial charge in [0, 0.05) is 30.2 Å². The molecule has 3 atom stereocenters. The van der Waals surface area contributed by atoms with Gasteiger partial charge >= 0.3 is 0 Å². The molecule has 2 rings (SSSR count). The molecule has 1 aliphatic heterocycles. The molecule has 0 spiro atoms. The van der Waals surface area contributed by atoms with Crippen LogP contribution >= 0.6 is 11.6 Å². The van der Waals surface area contributed by atoms with Crippen LogP contribution in [-0.4, -0.2) is 54.3 Å². The number of rotatable bonds is 6. The summed E-state index contributed by atoms with van der Waals surface area (Å²) in [5.41, 5.74) is 0.694. The molecular weight excluding hydrogens is 316 g/mol. The van der Waals surface area contributed by atoms with Gasteiger partial charge in [-0.1, -0.05) is 23.7 Å². The third kappa shape index (κ3) is 5.46. The molecule has 0 saturated carbocycles. The molecule has 1 heterocycles. The Kier molecular flexibility index (Phi) is 6.84. The lowest BCUT2D eigenvalue weighted by Crippen LogP contribution is -2.51. The van der Waals surface area contributed by atoms with Crippen molar-refractivity contribution in [1.29, 1.82) is 0 Å². The Labute approximate surface area is 142 Å². The monoisotopic (exact) mass is 340 g/mol. The van der Waals surface area contributed by atoms with Crippen LogP contribution in [0.5, 0.6) is 0 Å². The zero-order valence-corrected chi connectivity index (χ0v) is 14.4. The van der Waals surface area contributed by atoms with Crippen LogP contribution in [0.25, 0.3) is 0 Å². The van der Waals surface area contributed by atoms with Crippen LogP contribution in [0, 0.1) is 0 Å². The molecule has 0 unspecified atom stereocenters. The quantitative estimate of drug-likeness (QED) is 0.831. The second-order valence-electron chi connectivity index (χ2n) is 6.09. The van der Waals surface area contributed by atoms with Crippen LogP contribution in [-0.2, 0) is 9.53 Å². The van der Waals surface area contributed by atoms with Crippen LogP contribution in [0.2, 0.25) is 5.02 Å². The van der Waals surface area contributed by atoms with Gasteiger partial charge in [-0.3, -0.25) is 9.69 Å². The summed E-state index contributed by atoms with van der Waals surface area (Å²) in [4.78, 5) is 14.4. The Morgan fingerprint density at radius 2 is 2.17 bits per heavy atom. The molecule has 23 heavy (non-hydrogen) atoms. The van der Waals surface area contributed by atoms with E-state index in [1.54, 1.807) is 24.3 Å². The normalized spacial score (nSPS) is 21.7. The van der Waals surface area contributed by atoms with Crippen molar-refractivity contribution < 1.29 is 14.6 Å². The van der Waals surface area contributed by atoms with Crippen LogP contribution in [0.1, 0.15) is 31.9 Å². The third-order valence-electron chi connectivity index (χ3n) is 4.21. The molecule has 0 radical (unpaired) electrons. The van der Waals surface area contributed by atoms with E-state index >= 15 is 0 Å². The molecule has 2 N–H and O–H groups in total. The summed E-state index contributed by atoms with van der Waals surface area (Å²) in [6, 6.07) is 7.48. The number of carbonyl (C=O) groups is 1. The fraction of sp³-hybridized carbons (Fsp3) is 0.588. The summed E-state index contributed by atoms with van der Waals surface area (Å²) in [6.45, 7) is 7.13. The summed E-state index contributed by atoms with van der Waals surface area (Å²) >= 11 is 5.82. The number of halogens is 1. The van der Waals surface area contributed by atoms with Crippen molar-refractivity contribution in [2.75, 3.05) is 26.3 Å². The predicted molar refractivity (Wildman–Crippen MR) is 90.5 cm³/mol. The number of ether oxygens (including phenoxy) is 1. The zero-order valence-electron chi connectivity index (χ0n) is 13.7. The maximum absolute atomic E-state index is 12.0. The van der Waals surface area contributed by atoms with Gasteiger partial charge in [0.25, 0.3) is 0 Å². The molecule has 5 nitrogen and oxygen atoms in total. The smallest absolute Gasteiger partial charge is 0.223 e. The Balaban J connectivity index is 1.76. The van der Waals surface area contributed by atoms with Gasteiger partial charge in [0.1, 0.15) is 0 Å². The molecule has 1 aromatic rings. The number of morpholine rings is 1. The Morgan fingerprint density at radius 1 is 1.48 bits per heavy atom. The topological polar surface area (TPSA) is 61.8 Å². The summed E-state index contributed by atoms with van der Waals surface area (Å²) in [6.07, 6.45) is -0.766. The molecular formula is C17H25ClN2O3. The van der Waals surface area contributed by atoms with Crippen LogP contribution < -0.4 is 5.32 Å². The minimum absolute atomic E-state index is 0.0486. The number of benzene rings is 1. The second-order valence-corrected chi connectivity index (χ2v) is 6.52. The Hall–Kier alpha value is -1.14. The van der Waals surface area contributed by atoms with Crippen LogP contribution in [0.15, 0.2) is 24.3 Å². The van der Waals surface area contributed by atoms with Gasteiger partial charge in [0.15, 0.2) is 0 Å². The highest BCUT2D eigenvalue weighted by atomic mass is 35.5. The zero-order chi connectivity index (χ0) is 16.8. The molecule has 1 aliphatic rings. The Bertz CT molecular complexity index is 509. The van der Waals surface area contributed by atoms with E-state index in [4.69, 9.17) is 16.3 Å². The maximum Gasteiger partial charge on any atom is 0.223 e. The summed E-state index contributed by atoms with van der Waals surface area (Å²) in [7, 11) is 0. The van der Waals surface area contributed by atoms with Crippen molar-refractivity contribution in [2.24, 2.45) is 0 Å². The minimum Gasteiger partial charge on any atom is -0.388 e. The van der Waals surface area contributed by atoms with E-state index in [2.05, 4.69) is 24.1 Å². The number of nitrogens with one attached hydrogen (secondary N) is 1. The van der Waals surface area contributed by atoms with E-state index in [1.807, 2.05) is 0 Å². The maximum atomic E-state index is 12.0. The van der Waals surface area contributed by atoms with Crippen LogP contribution in [0.3, 0.4) is 0 Å². The predicted octanol–water partition coefficient (Wildman–Crippen LogP) is 1.99. The number of hydrogen-bond acceptors (Lipinski definition) is 4. The number of nitrogens with zero attached hydrogens (tertiary/aromatic N) is 1. The summed E-state index contributed by atoms with van der Waals surface area (Å²) in [5.74, 6) is -0.153. The lowest BCUT2D eigenvalue weighted by Gasteiger charge is -2.37. The molecule has 128 valence electrons. The summed E-state index contributed by atoms with van der Waals surface area (Å²) in [5, 5.41) is 13.6. The highest BCUT2D eigenvalue weighted by molar-refractivity contribution is 6.30. The van der Waals surface area contributed by atoms with E-state index < -0.39 is 6.10 Å². The average Bonchev–Trinajstić information content (AvgIpc) is 2.53. The number of carbonyl (C=O) groups excluding carboxylic acids is 1. The molecule has 1 saturated heterocycles. The molecule has 0 aromatic heterocycles. The molecule has 6 heteroatoms. The molecule has 0 bridgehead atoms. The van der Waals surface area contributed by atoms with E-state index in [0.29, 0.717) is 23.2 Å². The minimum atomic E-state index is -0.815. The fourth-order valence-electron chi connectivity index (χ4n) is 2.82. The van der Waals surface area contributed by atoms with Crippen molar-refractivity contribution in [3.63, 3.8) is 0 Å². The number of aliphatic hydroxyl groups is 1.